The van der Waals surface area contributed by atoms with Crippen molar-refractivity contribution in [2.75, 3.05) is 11.9 Å². The monoisotopic (exact) mass is 181 g/mol. The topological polar surface area (TPSA) is 12.0 Å². The van der Waals surface area contributed by atoms with Crippen molar-refractivity contribution >= 4 is 5.69 Å². The van der Waals surface area contributed by atoms with Crippen LogP contribution in [0.25, 0.3) is 0 Å². The van der Waals surface area contributed by atoms with E-state index in [4.69, 9.17) is 6.42 Å². The molecule has 0 radical (unpaired) electrons. The molecular weight excluding hydrogens is 172 g/mol. The molecule has 1 N–H and O–H groups in total. The number of hydrogen-bond donors (Lipinski definition) is 1. The first-order chi connectivity index (χ1) is 6.16. The van der Waals surface area contributed by atoms with Gasteiger partial charge >= 0.3 is 0 Å². The summed E-state index contributed by atoms with van der Waals surface area (Å²) in [4.78, 5) is 0. The minimum absolute atomic E-state index is 0.108. The van der Waals surface area contributed by atoms with Gasteiger partial charge in [0.2, 0.25) is 0 Å². The first kappa shape index (κ1) is 9.53. The van der Waals surface area contributed by atoms with Crippen LogP contribution in [-0.2, 0) is 0 Å². The van der Waals surface area contributed by atoms with Gasteiger partial charge in [-0.3, -0.25) is 0 Å². The second-order valence-corrected chi connectivity index (χ2v) is 2.61. The van der Waals surface area contributed by atoms with Crippen molar-refractivity contribution in [2.45, 2.75) is 6.92 Å². The molecule has 0 amide bonds. The van der Waals surface area contributed by atoms with Gasteiger partial charge in [0.1, 0.15) is 11.5 Å². The third-order valence-corrected chi connectivity index (χ3v) is 1.65. The third kappa shape index (κ3) is 1.97. The van der Waals surface area contributed by atoms with Crippen LogP contribution in [0.15, 0.2) is 12.1 Å². The van der Waals surface area contributed by atoms with E-state index < -0.39 is 11.6 Å². The van der Waals surface area contributed by atoms with Crippen LogP contribution in [0.3, 0.4) is 0 Å². The Labute approximate surface area is 75.8 Å². The van der Waals surface area contributed by atoms with Gasteiger partial charge in [-0.1, -0.05) is 12.0 Å². The molecule has 0 aliphatic rings. The van der Waals surface area contributed by atoms with E-state index in [9.17, 15) is 8.78 Å². The summed E-state index contributed by atoms with van der Waals surface area (Å²) in [7, 11) is 0. The molecule has 13 heavy (non-hydrogen) atoms. The predicted octanol–water partition coefficient (Wildman–Crippen LogP) is 2.32. The molecule has 0 fully saturated rings. The average Bonchev–Trinajstić information content (AvgIpc) is 2.12. The fourth-order valence-electron chi connectivity index (χ4n) is 0.958. The average molecular weight is 181 g/mol. The number of rotatable bonds is 2. The summed E-state index contributed by atoms with van der Waals surface area (Å²) in [5.74, 6) is 1.03. The Balaban J connectivity index is 3.04. The lowest BCUT2D eigenvalue weighted by Gasteiger charge is -2.07. The predicted molar refractivity (Wildman–Crippen MR) is 48.4 cm³/mol. The largest absolute Gasteiger partial charge is 0.369 e. The van der Waals surface area contributed by atoms with Gasteiger partial charge < -0.3 is 5.32 Å². The lowest BCUT2D eigenvalue weighted by Crippen LogP contribution is -2.04. The van der Waals surface area contributed by atoms with Crippen LogP contribution in [0.1, 0.15) is 5.56 Å². The van der Waals surface area contributed by atoms with Crippen molar-refractivity contribution in [3.63, 3.8) is 0 Å². The molecule has 0 aromatic heterocycles. The van der Waals surface area contributed by atoms with Crippen molar-refractivity contribution in [1.29, 1.82) is 0 Å². The second-order valence-electron chi connectivity index (χ2n) is 2.61. The van der Waals surface area contributed by atoms with Crippen molar-refractivity contribution in [2.24, 2.45) is 0 Å². The molecule has 0 bridgehead atoms. The van der Waals surface area contributed by atoms with Gasteiger partial charge in [-0.2, -0.15) is 0 Å². The fourth-order valence-corrected chi connectivity index (χ4v) is 0.958. The highest BCUT2D eigenvalue weighted by Crippen LogP contribution is 2.20. The lowest BCUT2D eigenvalue weighted by atomic mass is 10.2. The highest BCUT2D eigenvalue weighted by atomic mass is 19.1. The first-order valence-electron chi connectivity index (χ1n) is 3.78. The molecule has 1 aromatic carbocycles. The zero-order chi connectivity index (χ0) is 9.84. The Morgan fingerprint density at radius 2 is 2.15 bits per heavy atom. The van der Waals surface area contributed by atoms with Gasteiger partial charge in [-0.05, 0) is 18.6 Å². The van der Waals surface area contributed by atoms with E-state index >= 15 is 0 Å². The van der Waals surface area contributed by atoms with E-state index in [2.05, 4.69) is 11.2 Å². The zero-order valence-corrected chi connectivity index (χ0v) is 7.20. The minimum Gasteiger partial charge on any atom is -0.369 e. The lowest BCUT2D eigenvalue weighted by molar-refractivity contribution is 0.583. The molecule has 0 unspecified atom stereocenters. The molecule has 0 aliphatic heterocycles. The van der Waals surface area contributed by atoms with Gasteiger partial charge in [-0.25, -0.2) is 8.78 Å². The maximum absolute atomic E-state index is 13.2. The maximum atomic E-state index is 13.2. The van der Waals surface area contributed by atoms with E-state index in [1.54, 1.807) is 6.92 Å². The van der Waals surface area contributed by atoms with Crippen LogP contribution in [0.2, 0.25) is 0 Å². The van der Waals surface area contributed by atoms with Crippen molar-refractivity contribution in [3.8, 4) is 12.3 Å². The fraction of sp³-hybridized carbons (Fsp3) is 0.200. The standard InChI is InChI=1S/C10H9F2N/c1-3-6-13-10-8(11)5-4-7(2)9(10)12/h1,4-5,13H,6H2,2H3. The van der Waals surface area contributed by atoms with Crippen LogP contribution >= 0.6 is 0 Å². The van der Waals surface area contributed by atoms with Gasteiger partial charge in [0.05, 0.1) is 6.54 Å². The third-order valence-electron chi connectivity index (χ3n) is 1.65. The SMILES string of the molecule is C#CCNc1c(F)ccc(C)c1F. The Kier molecular flexibility index (Phi) is 2.86. The van der Waals surface area contributed by atoms with E-state index in [-0.39, 0.29) is 12.2 Å². The molecule has 0 heterocycles. The van der Waals surface area contributed by atoms with Crippen LogP contribution < -0.4 is 5.32 Å². The Morgan fingerprint density at radius 3 is 2.77 bits per heavy atom. The highest BCUT2D eigenvalue weighted by molar-refractivity contribution is 5.49. The second kappa shape index (κ2) is 3.90. The molecule has 0 saturated heterocycles. The molecule has 0 spiro atoms. The maximum Gasteiger partial charge on any atom is 0.152 e. The smallest absolute Gasteiger partial charge is 0.152 e. The number of aryl methyl sites for hydroxylation is 1. The quantitative estimate of drug-likeness (QED) is 0.690. The number of hydrogen-bond acceptors (Lipinski definition) is 1. The van der Waals surface area contributed by atoms with Crippen LogP contribution in [0.4, 0.5) is 14.5 Å². The highest BCUT2D eigenvalue weighted by Gasteiger charge is 2.09. The van der Waals surface area contributed by atoms with E-state index in [1.807, 2.05) is 0 Å². The molecule has 1 nitrogen and oxygen atoms in total. The van der Waals surface area contributed by atoms with Crippen LogP contribution in [-0.4, -0.2) is 6.54 Å². The molecule has 1 rings (SSSR count). The number of halogens is 2. The normalized spacial score (nSPS) is 9.38. The molecule has 68 valence electrons. The summed E-state index contributed by atoms with van der Waals surface area (Å²) in [6, 6.07) is 2.59. The number of benzene rings is 1. The summed E-state index contributed by atoms with van der Waals surface area (Å²) in [5.41, 5.74) is 0.235. The van der Waals surface area contributed by atoms with Gasteiger partial charge in [-0.15, -0.1) is 6.42 Å². The van der Waals surface area contributed by atoms with Gasteiger partial charge in [0, 0.05) is 0 Å². The van der Waals surface area contributed by atoms with E-state index in [0.717, 1.165) is 0 Å². The minimum atomic E-state index is -0.627. The van der Waals surface area contributed by atoms with Crippen molar-refractivity contribution in [1.82, 2.24) is 0 Å². The van der Waals surface area contributed by atoms with Crippen molar-refractivity contribution < 1.29 is 8.78 Å². The summed E-state index contributed by atoms with van der Waals surface area (Å²) < 4.78 is 26.2. The summed E-state index contributed by atoms with van der Waals surface area (Å²) in [6.07, 6.45) is 4.96. The number of anilines is 1. The molecule has 3 heteroatoms. The van der Waals surface area contributed by atoms with Crippen LogP contribution in [0.5, 0.6) is 0 Å². The molecular formula is C10H9F2N. The Bertz CT molecular complexity index is 353. The van der Waals surface area contributed by atoms with Gasteiger partial charge in [0.15, 0.2) is 5.82 Å². The Hall–Kier alpha value is -1.56. The first-order valence-corrected chi connectivity index (χ1v) is 3.78. The Morgan fingerprint density at radius 1 is 1.46 bits per heavy atom. The van der Waals surface area contributed by atoms with Gasteiger partial charge in [0.25, 0.3) is 0 Å². The number of nitrogens with one attached hydrogen (secondary N) is 1. The summed E-state index contributed by atoms with van der Waals surface area (Å²) >= 11 is 0. The van der Waals surface area contributed by atoms with Crippen LogP contribution in [0, 0.1) is 30.9 Å². The number of terminal acetylenes is 1. The summed E-state index contributed by atoms with van der Waals surface area (Å²) in [5, 5.41) is 2.49. The molecule has 0 aliphatic carbocycles. The van der Waals surface area contributed by atoms with E-state index in [0.29, 0.717) is 5.56 Å². The molecule has 0 saturated carbocycles. The van der Waals surface area contributed by atoms with E-state index in [1.165, 1.54) is 12.1 Å². The zero-order valence-electron chi connectivity index (χ0n) is 7.20. The molecule has 0 atom stereocenters. The molecule has 1 aromatic rings. The summed E-state index contributed by atoms with van der Waals surface area (Å²) in [6.45, 7) is 1.67. The van der Waals surface area contributed by atoms with Crippen molar-refractivity contribution in [3.05, 3.63) is 29.3 Å².